The Hall–Kier alpha value is -1.32. The van der Waals surface area contributed by atoms with Gasteiger partial charge in [0.2, 0.25) is 5.91 Å². The van der Waals surface area contributed by atoms with E-state index < -0.39 is 0 Å². The van der Waals surface area contributed by atoms with E-state index in [4.69, 9.17) is 0 Å². The molecule has 0 aromatic rings. The van der Waals surface area contributed by atoms with E-state index in [-0.39, 0.29) is 5.91 Å². The third-order valence-corrected chi connectivity index (χ3v) is 2.26. The molecular weight excluding hydrogens is 166 g/mol. The van der Waals surface area contributed by atoms with Crippen molar-refractivity contribution in [1.82, 2.24) is 10.3 Å². The molecule has 1 amide bonds. The first-order valence-corrected chi connectivity index (χ1v) is 4.40. The van der Waals surface area contributed by atoms with Gasteiger partial charge in [-0.1, -0.05) is 6.58 Å². The summed E-state index contributed by atoms with van der Waals surface area (Å²) in [7, 11) is 0. The van der Waals surface area contributed by atoms with E-state index in [0.29, 0.717) is 6.04 Å². The molecule has 0 atom stereocenters. The van der Waals surface area contributed by atoms with Crippen molar-refractivity contribution in [3.8, 4) is 0 Å². The third-order valence-electron chi connectivity index (χ3n) is 2.26. The maximum absolute atomic E-state index is 11.2. The highest BCUT2D eigenvalue weighted by Crippen LogP contribution is 2.10. The first-order chi connectivity index (χ1) is 6.27. The average Bonchev–Trinajstić information content (AvgIpc) is 2.18. The maximum atomic E-state index is 11.2. The number of carbonyl (C=O) groups is 1. The van der Waals surface area contributed by atoms with Gasteiger partial charge in [-0.05, 0) is 18.9 Å². The number of hydrazone groups is 1. The van der Waals surface area contributed by atoms with Crippen LogP contribution < -0.4 is 5.43 Å². The quantitative estimate of drug-likeness (QED) is 0.388. The zero-order chi connectivity index (χ0) is 9.68. The van der Waals surface area contributed by atoms with Crippen LogP contribution in [0.3, 0.4) is 0 Å². The van der Waals surface area contributed by atoms with Gasteiger partial charge in [-0.3, -0.25) is 4.79 Å². The molecule has 1 saturated heterocycles. The van der Waals surface area contributed by atoms with Crippen molar-refractivity contribution in [1.29, 1.82) is 0 Å². The molecule has 13 heavy (non-hydrogen) atoms. The number of rotatable bonds is 3. The second-order valence-corrected chi connectivity index (χ2v) is 3.09. The van der Waals surface area contributed by atoms with Crippen LogP contribution in [-0.4, -0.2) is 36.7 Å². The lowest BCUT2D eigenvalue weighted by atomic mass is 10.1. The van der Waals surface area contributed by atoms with Crippen LogP contribution in [0, 0.1) is 0 Å². The lowest BCUT2D eigenvalue weighted by molar-refractivity contribution is -0.127. The van der Waals surface area contributed by atoms with Crippen molar-refractivity contribution in [2.75, 3.05) is 13.1 Å². The van der Waals surface area contributed by atoms with Crippen molar-refractivity contribution in [3.63, 3.8) is 0 Å². The minimum atomic E-state index is 0.0185. The van der Waals surface area contributed by atoms with Crippen LogP contribution in [0.2, 0.25) is 0 Å². The molecule has 0 aliphatic carbocycles. The van der Waals surface area contributed by atoms with Gasteiger partial charge in [0.05, 0.1) is 0 Å². The third kappa shape index (κ3) is 2.57. The number of nitrogens with zero attached hydrogens (tertiary/aromatic N) is 2. The van der Waals surface area contributed by atoms with Crippen molar-refractivity contribution < 1.29 is 4.79 Å². The Morgan fingerprint density at radius 1 is 1.54 bits per heavy atom. The number of piperidine rings is 1. The van der Waals surface area contributed by atoms with E-state index in [2.05, 4.69) is 23.8 Å². The SMILES string of the molecule is C=CC(=O)N1CCC(NN=C)CC1. The predicted molar refractivity (Wildman–Crippen MR) is 52.5 cm³/mol. The van der Waals surface area contributed by atoms with Gasteiger partial charge in [-0.2, -0.15) is 5.10 Å². The number of carbonyl (C=O) groups excluding carboxylic acids is 1. The summed E-state index contributed by atoms with van der Waals surface area (Å²) in [5.74, 6) is 0.0185. The smallest absolute Gasteiger partial charge is 0.245 e. The number of amides is 1. The summed E-state index contributed by atoms with van der Waals surface area (Å²) in [6.07, 6.45) is 3.22. The molecular formula is C9H15N3O. The molecule has 0 aromatic heterocycles. The number of likely N-dealkylation sites (tertiary alicyclic amines) is 1. The summed E-state index contributed by atoms with van der Waals surface area (Å²) >= 11 is 0. The molecule has 4 nitrogen and oxygen atoms in total. The Labute approximate surface area is 78.3 Å². The largest absolute Gasteiger partial charge is 0.339 e. The molecule has 4 heteroatoms. The minimum absolute atomic E-state index is 0.0185. The second-order valence-electron chi connectivity index (χ2n) is 3.09. The predicted octanol–water partition coefficient (Wildman–Crippen LogP) is 0.369. The van der Waals surface area contributed by atoms with Gasteiger partial charge in [-0.15, -0.1) is 0 Å². The van der Waals surface area contributed by atoms with Gasteiger partial charge in [0.25, 0.3) is 0 Å². The average molecular weight is 181 g/mol. The molecule has 0 bridgehead atoms. The fourth-order valence-corrected chi connectivity index (χ4v) is 1.49. The molecule has 0 unspecified atom stereocenters. The molecule has 0 spiro atoms. The van der Waals surface area contributed by atoms with Crippen LogP contribution in [0.25, 0.3) is 0 Å². The molecule has 1 fully saturated rings. The number of hydrogen-bond acceptors (Lipinski definition) is 3. The van der Waals surface area contributed by atoms with E-state index in [1.165, 1.54) is 6.08 Å². The van der Waals surface area contributed by atoms with Crippen LogP contribution in [0.15, 0.2) is 17.8 Å². The van der Waals surface area contributed by atoms with Crippen molar-refractivity contribution in [2.24, 2.45) is 5.10 Å². The summed E-state index contributed by atoms with van der Waals surface area (Å²) in [6, 6.07) is 0.367. The first kappa shape index (κ1) is 9.77. The van der Waals surface area contributed by atoms with E-state index in [9.17, 15) is 4.79 Å². The molecule has 1 N–H and O–H groups in total. The summed E-state index contributed by atoms with van der Waals surface area (Å²) in [5.41, 5.74) is 2.91. The van der Waals surface area contributed by atoms with Gasteiger partial charge in [-0.25, -0.2) is 0 Å². The summed E-state index contributed by atoms with van der Waals surface area (Å²) < 4.78 is 0. The Bertz CT molecular complexity index is 207. The van der Waals surface area contributed by atoms with E-state index >= 15 is 0 Å². The van der Waals surface area contributed by atoms with E-state index in [1.807, 2.05) is 0 Å². The highest BCUT2D eigenvalue weighted by atomic mass is 16.2. The van der Waals surface area contributed by atoms with Crippen LogP contribution in [0.5, 0.6) is 0 Å². The molecule has 0 aromatic carbocycles. The molecule has 1 aliphatic rings. The van der Waals surface area contributed by atoms with Crippen LogP contribution >= 0.6 is 0 Å². The normalized spacial score (nSPS) is 18.0. The fraction of sp³-hybridized carbons (Fsp3) is 0.556. The van der Waals surface area contributed by atoms with Gasteiger partial charge in [0, 0.05) is 25.8 Å². The Kier molecular flexibility index (Phi) is 3.49. The van der Waals surface area contributed by atoms with Crippen LogP contribution in [0.1, 0.15) is 12.8 Å². The highest BCUT2D eigenvalue weighted by molar-refractivity contribution is 5.87. The zero-order valence-corrected chi connectivity index (χ0v) is 7.70. The molecule has 1 rings (SSSR count). The van der Waals surface area contributed by atoms with Crippen molar-refractivity contribution in [2.45, 2.75) is 18.9 Å². The summed E-state index contributed by atoms with van der Waals surface area (Å²) in [5, 5.41) is 3.63. The first-order valence-electron chi connectivity index (χ1n) is 4.40. The fourth-order valence-electron chi connectivity index (χ4n) is 1.49. The molecule has 1 heterocycles. The lowest BCUT2D eigenvalue weighted by Crippen LogP contribution is -2.43. The van der Waals surface area contributed by atoms with Crippen LogP contribution in [-0.2, 0) is 4.79 Å². The topological polar surface area (TPSA) is 44.7 Å². The molecule has 0 saturated carbocycles. The summed E-state index contributed by atoms with van der Waals surface area (Å²) in [6.45, 7) is 8.37. The molecule has 1 aliphatic heterocycles. The molecule has 72 valence electrons. The Morgan fingerprint density at radius 3 is 2.62 bits per heavy atom. The van der Waals surface area contributed by atoms with Crippen molar-refractivity contribution >= 4 is 12.6 Å². The van der Waals surface area contributed by atoms with E-state index in [1.54, 1.807) is 4.90 Å². The van der Waals surface area contributed by atoms with Crippen LogP contribution in [0.4, 0.5) is 0 Å². The Balaban J connectivity index is 2.34. The summed E-state index contributed by atoms with van der Waals surface area (Å²) in [4.78, 5) is 13.0. The number of hydrogen-bond donors (Lipinski definition) is 1. The Morgan fingerprint density at radius 2 is 2.15 bits per heavy atom. The van der Waals surface area contributed by atoms with Crippen molar-refractivity contribution in [3.05, 3.63) is 12.7 Å². The van der Waals surface area contributed by atoms with Gasteiger partial charge in [0.1, 0.15) is 0 Å². The standard InChI is InChI=1S/C9H15N3O/c1-3-9(13)12-6-4-8(5-7-12)11-10-2/h3,8,11H,1-2,4-7H2. The minimum Gasteiger partial charge on any atom is -0.339 e. The number of nitrogens with one attached hydrogen (secondary N) is 1. The zero-order valence-electron chi connectivity index (χ0n) is 7.70. The van der Waals surface area contributed by atoms with E-state index in [0.717, 1.165) is 25.9 Å². The monoisotopic (exact) mass is 181 g/mol. The lowest BCUT2D eigenvalue weighted by Gasteiger charge is -2.30. The highest BCUT2D eigenvalue weighted by Gasteiger charge is 2.20. The maximum Gasteiger partial charge on any atom is 0.245 e. The van der Waals surface area contributed by atoms with Gasteiger partial charge >= 0.3 is 0 Å². The second kappa shape index (κ2) is 4.64. The van der Waals surface area contributed by atoms with Gasteiger partial charge < -0.3 is 10.3 Å². The van der Waals surface area contributed by atoms with Gasteiger partial charge in [0.15, 0.2) is 0 Å². The molecule has 0 radical (unpaired) electrons.